The van der Waals surface area contributed by atoms with Crippen molar-refractivity contribution in [1.82, 2.24) is 9.80 Å². The highest BCUT2D eigenvalue weighted by Crippen LogP contribution is 2.50. The molecule has 27 heavy (non-hydrogen) atoms. The second-order valence-electron chi connectivity index (χ2n) is 7.03. The van der Waals surface area contributed by atoms with Crippen LogP contribution in [-0.2, 0) is 14.4 Å². The van der Waals surface area contributed by atoms with Gasteiger partial charge in [-0.2, -0.15) is 0 Å². The number of carboxylic acid groups (broad SMARTS) is 1. The number of aliphatic hydroxyl groups excluding tert-OH is 1. The van der Waals surface area contributed by atoms with Gasteiger partial charge >= 0.3 is 5.97 Å². The first-order valence-corrected chi connectivity index (χ1v) is 10.9. The van der Waals surface area contributed by atoms with Crippen molar-refractivity contribution in [2.75, 3.05) is 18.1 Å². The fraction of sp³-hybridized carbons (Fsp3) is 0.611. The molecule has 0 spiro atoms. The lowest BCUT2D eigenvalue weighted by Crippen LogP contribution is -2.63. The van der Waals surface area contributed by atoms with Crippen LogP contribution in [0.3, 0.4) is 0 Å². The molecule has 3 aliphatic rings. The zero-order valence-corrected chi connectivity index (χ0v) is 17.2. The van der Waals surface area contributed by atoms with Crippen molar-refractivity contribution in [2.45, 2.75) is 39.3 Å². The van der Waals surface area contributed by atoms with E-state index < -0.39 is 18.0 Å². The Bertz CT molecular complexity index is 733. The molecule has 1 saturated heterocycles. The predicted molar refractivity (Wildman–Crippen MR) is 105 cm³/mol. The summed E-state index contributed by atoms with van der Waals surface area (Å²) in [5.74, 6) is -0.518. The number of thioether (sulfide) groups is 2. The Morgan fingerprint density at radius 1 is 1.48 bits per heavy atom. The Kier molecular flexibility index (Phi) is 5.93. The molecule has 2 N–H and O–H groups in total. The molecule has 0 aromatic heterocycles. The van der Waals surface area contributed by atoms with Gasteiger partial charge in [0, 0.05) is 39.5 Å². The maximum Gasteiger partial charge on any atom is 0.353 e. The summed E-state index contributed by atoms with van der Waals surface area (Å²) >= 11 is 3.20. The van der Waals surface area contributed by atoms with E-state index in [-0.39, 0.29) is 23.6 Å². The summed E-state index contributed by atoms with van der Waals surface area (Å²) in [5.41, 5.74) is 1.03. The number of aliphatic carboxylic acids is 1. The van der Waals surface area contributed by atoms with Crippen molar-refractivity contribution in [3.05, 3.63) is 21.2 Å². The zero-order valence-electron chi connectivity index (χ0n) is 15.5. The van der Waals surface area contributed by atoms with Crippen LogP contribution in [0.1, 0.15) is 27.2 Å². The largest absolute Gasteiger partial charge is 0.477 e. The summed E-state index contributed by atoms with van der Waals surface area (Å²) in [6.45, 7) is 6.14. The fourth-order valence-corrected chi connectivity index (χ4v) is 6.54. The van der Waals surface area contributed by atoms with Crippen LogP contribution >= 0.6 is 23.5 Å². The third-order valence-electron chi connectivity index (χ3n) is 5.47. The van der Waals surface area contributed by atoms with E-state index in [0.717, 1.165) is 29.2 Å². The monoisotopic (exact) mass is 412 g/mol. The van der Waals surface area contributed by atoms with Crippen LogP contribution in [0.4, 0.5) is 0 Å². The van der Waals surface area contributed by atoms with Gasteiger partial charge in [-0.3, -0.25) is 9.59 Å². The van der Waals surface area contributed by atoms with Gasteiger partial charge in [0.2, 0.25) is 12.3 Å². The second kappa shape index (κ2) is 7.89. The quantitative estimate of drug-likeness (QED) is 0.485. The number of aliphatic hydroxyl groups is 1. The minimum Gasteiger partial charge on any atom is -0.477 e. The van der Waals surface area contributed by atoms with Gasteiger partial charge in [-0.05, 0) is 20.3 Å². The molecule has 0 aromatic rings. The van der Waals surface area contributed by atoms with Gasteiger partial charge in [0.15, 0.2) is 0 Å². The number of fused-ring (bicyclic) bond motifs is 1. The number of carbonyl (C=O) groups excluding carboxylic acids is 2. The third-order valence-corrected chi connectivity index (χ3v) is 7.99. The first-order valence-electron chi connectivity index (χ1n) is 8.95. The maximum absolute atomic E-state index is 12.3. The molecule has 2 amide bonds. The molecule has 3 rings (SSSR count). The average Bonchev–Trinajstić information content (AvgIpc) is 2.85. The maximum atomic E-state index is 12.3. The molecule has 4 atom stereocenters. The van der Waals surface area contributed by atoms with Crippen LogP contribution in [0, 0.1) is 11.8 Å². The SMILES string of the molecule is CC1=C(CCSC2=C(C(=O)O)N3C(=O)[C@H]([C@@H](C)O)[C@H]3[C@H]2C)SCCN1C=O. The minimum atomic E-state index is -1.10. The molecule has 3 aliphatic heterocycles. The summed E-state index contributed by atoms with van der Waals surface area (Å²) < 4.78 is 0. The number of amides is 2. The Morgan fingerprint density at radius 3 is 2.78 bits per heavy atom. The van der Waals surface area contributed by atoms with Gasteiger partial charge in [-0.1, -0.05) is 6.92 Å². The third kappa shape index (κ3) is 3.40. The van der Waals surface area contributed by atoms with Crippen molar-refractivity contribution in [3.63, 3.8) is 0 Å². The average molecular weight is 413 g/mol. The highest BCUT2D eigenvalue weighted by atomic mass is 32.2. The Labute approximate surface area is 166 Å². The number of hydrogen-bond acceptors (Lipinski definition) is 6. The molecule has 0 aliphatic carbocycles. The number of β-lactam (4-membered cyclic amide) rings is 1. The van der Waals surface area contributed by atoms with Crippen molar-refractivity contribution in [1.29, 1.82) is 0 Å². The Balaban J connectivity index is 1.73. The van der Waals surface area contributed by atoms with Crippen LogP contribution < -0.4 is 0 Å². The molecule has 0 radical (unpaired) electrons. The van der Waals surface area contributed by atoms with Gasteiger partial charge in [-0.15, -0.1) is 23.5 Å². The molecule has 9 heteroatoms. The molecule has 148 valence electrons. The highest BCUT2D eigenvalue weighted by Gasteiger charge is 2.59. The number of allylic oxidation sites excluding steroid dienone is 2. The molecule has 7 nitrogen and oxygen atoms in total. The van der Waals surface area contributed by atoms with Crippen LogP contribution in [0.5, 0.6) is 0 Å². The van der Waals surface area contributed by atoms with Gasteiger partial charge in [-0.25, -0.2) is 4.79 Å². The number of rotatable bonds is 7. The first-order chi connectivity index (χ1) is 12.8. The van der Waals surface area contributed by atoms with Crippen LogP contribution in [-0.4, -0.2) is 68.5 Å². The van der Waals surface area contributed by atoms with Crippen LogP contribution in [0.15, 0.2) is 21.2 Å². The van der Waals surface area contributed by atoms with Crippen molar-refractivity contribution >= 4 is 41.8 Å². The van der Waals surface area contributed by atoms with E-state index in [1.54, 1.807) is 23.6 Å². The Morgan fingerprint density at radius 2 is 2.19 bits per heavy atom. The molecule has 0 saturated carbocycles. The van der Waals surface area contributed by atoms with E-state index >= 15 is 0 Å². The van der Waals surface area contributed by atoms with Crippen molar-refractivity contribution in [3.8, 4) is 0 Å². The molecule has 1 fully saturated rings. The van der Waals surface area contributed by atoms with E-state index in [0.29, 0.717) is 17.2 Å². The van der Waals surface area contributed by atoms with Crippen LogP contribution in [0.25, 0.3) is 0 Å². The fourth-order valence-electron chi connectivity index (χ4n) is 4.05. The molecule has 0 unspecified atom stereocenters. The highest BCUT2D eigenvalue weighted by molar-refractivity contribution is 8.04. The van der Waals surface area contributed by atoms with Gasteiger partial charge in [0.1, 0.15) is 5.70 Å². The lowest BCUT2D eigenvalue weighted by atomic mass is 9.79. The summed E-state index contributed by atoms with van der Waals surface area (Å²) in [6.07, 6.45) is 0.799. The second-order valence-corrected chi connectivity index (χ2v) is 9.35. The lowest BCUT2D eigenvalue weighted by molar-refractivity contribution is -0.163. The van der Waals surface area contributed by atoms with Gasteiger partial charge in [0.05, 0.1) is 18.1 Å². The standard InChI is InChI=1S/C18H24N2O5S2/c1-9-14-13(11(3)22)17(23)20(14)15(18(24)25)16(9)27-6-4-12-10(2)19(8-21)5-7-26-12/h8-9,11,13-14,22H,4-7H2,1-3H3,(H,24,25)/t9-,11-,13-,14-/m1/s1. The predicted octanol–water partition coefficient (Wildman–Crippen LogP) is 1.70. The van der Waals surface area contributed by atoms with Crippen LogP contribution in [0.2, 0.25) is 0 Å². The normalized spacial score (nSPS) is 29.0. The van der Waals surface area contributed by atoms with E-state index in [2.05, 4.69) is 0 Å². The molecule has 0 bridgehead atoms. The molecular weight excluding hydrogens is 388 g/mol. The molecule has 0 aromatic carbocycles. The minimum absolute atomic E-state index is 0.0657. The first kappa shape index (κ1) is 20.3. The van der Waals surface area contributed by atoms with E-state index in [1.165, 1.54) is 16.7 Å². The summed E-state index contributed by atoms with van der Waals surface area (Å²) in [6, 6.07) is -0.276. The number of carboxylic acids is 1. The van der Waals surface area contributed by atoms with Crippen molar-refractivity contribution in [2.24, 2.45) is 11.8 Å². The van der Waals surface area contributed by atoms with E-state index in [9.17, 15) is 24.6 Å². The number of nitrogens with zero attached hydrogens (tertiary/aromatic N) is 2. The number of carbonyl (C=O) groups is 3. The summed E-state index contributed by atoms with van der Waals surface area (Å²) in [4.78, 5) is 40.1. The molecular formula is C18H24N2O5S2. The van der Waals surface area contributed by atoms with Gasteiger partial charge < -0.3 is 20.0 Å². The van der Waals surface area contributed by atoms with E-state index in [1.807, 2.05) is 13.8 Å². The lowest BCUT2D eigenvalue weighted by Gasteiger charge is -2.46. The smallest absolute Gasteiger partial charge is 0.353 e. The molecule has 3 heterocycles. The topological polar surface area (TPSA) is 98.2 Å². The zero-order chi connectivity index (χ0) is 19.9. The Hall–Kier alpha value is -1.45. The van der Waals surface area contributed by atoms with E-state index in [4.69, 9.17) is 0 Å². The number of hydrogen-bond donors (Lipinski definition) is 2. The van der Waals surface area contributed by atoms with Gasteiger partial charge in [0.25, 0.3) is 0 Å². The summed E-state index contributed by atoms with van der Waals surface area (Å²) in [5, 5.41) is 19.5. The summed E-state index contributed by atoms with van der Waals surface area (Å²) in [7, 11) is 0. The van der Waals surface area contributed by atoms with Crippen molar-refractivity contribution < 1.29 is 24.6 Å².